The quantitative estimate of drug-likeness (QED) is 0.844. The van der Waals surface area contributed by atoms with Gasteiger partial charge in [-0.2, -0.15) is 5.26 Å². The number of carbonyl (C=O) groups excluding carboxylic acids is 1. The van der Waals surface area contributed by atoms with Crippen molar-refractivity contribution in [3.8, 4) is 6.07 Å². The van der Waals surface area contributed by atoms with Crippen LogP contribution in [0, 0.1) is 16.7 Å². The number of carbonyl (C=O) groups is 1. The summed E-state index contributed by atoms with van der Waals surface area (Å²) in [5, 5.41) is 8.96. The van der Waals surface area contributed by atoms with E-state index in [-0.39, 0.29) is 18.5 Å². The van der Waals surface area contributed by atoms with Gasteiger partial charge in [-0.05, 0) is 37.8 Å². The highest BCUT2D eigenvalue weighted by atomic mass is 19.3. The largest absolute Gasteiger partial charge is 0.332 e. The van der Waals surface area contributed by atoms with Crippen LogP contribution in [0.4, 0.5) is 8.78 Å². The lowest BCUT2D eigenvalue weighted by molar-refractivity contribution is -0.156. The van der Waals surface area contributed by atoms with Crippen molar-refractivity contribution >= 4 is 5.91 Å². The van der Waals surface area contributed by atoms with Crippen molar-refractivity contribution in [3.63, 3.8) is 0 Å². The first-order valence-corrected chi connectivity index (χ1v) is 7.33. The summed E-state index contributed by atoms with van der Waals surface area (Å²) in [7, 11) is 0. The van der Waals surface area contributed by atoms with Crippen LogP contribution in [-0.4, -0.2) is 27.8 Å². The van der Waals surface area contributed by atoms with E-state index in [1.165, 1.54) is 13.1 Å². The molecule has 3 rings (SSSR count). The van der Waals surface area contributed by atoms with Crippen molar-refractivity contribution < 1.29 is 13.6 Å². The lowest BCUT2D eigenvalue weighted by Crippen LogP contribution is -2.44. The molecule has 0 bridgehead atoms. The van der Waals surface area contributed by atoms with Crippen molar-refractivity contribution in [3.05, 3.63) is 29.6 Å². The summed E-state index contributed by atoms with van der Waals surface area (Å²) in [5.74, 6) is -3.54. The first-order valence-electron chi connectivity index (χ1n) is 7.33. The predicted octanol–water partition coefficient (Wildman–Crippen LogP) is 3.05. The van der Waals surface area contributed by atoms with Crippen LogP contribution in [0.3, 0.4) is 0 Å². The fourth-order valence-corrected chi connectivity index (χ4v) is 3.63. The van der Waals surface area contributed by atoms with Gasteiger partial charge in [0.2, 0.25) is 5.91 Å². The molecule has 0 aromatic carbocycles. The van der Waals surface area contributed by atoms with Gasteiger partial charge in [-0.15, -0.1) is 0 Å². The second kappa shape index (κ2) is 4.73. The minimum atomic E-state index is -3.05. The Kier molecular flexibility index (Phi) is 3.20. The van der Waals surface area contributed by atoms with Crippen LogP contribution in [0.15, 0.2) is 18.5 Å². The molecule has 0 N–H and O–H groups in total. The molecule has 2 aliphatic heterocycles. The zero-order valence-electron chi connectivity index (χ0n) is 12.5. The van der Waals surface area contributed by atoms with Crippen LogP contribution in [0.5, 0.6) is 0 Å². The Hall–Kier alpha value is -2.03. The zero-order valence-corrected chi connectivity index (χ0v) is 12.5. The molecule has 4 nitrogen and oxygen atoms in total. The zero-order chi connectivity index (χ0) is 16.1. The van der Waals surface area contributed by atoms with E-state index in [0.29, 0.717) is 12.0 Å². The molecule has 1 unspecified atom stereocenters. The Morgan fingerprint density at radius 1 is 1.45 bits per heavy atom. The number of nitrogens with zero attached hydrogens (tertiary/aromatic N) is 3. The Labute approximate surface area is 127 Å². The van der Waals surface area contributed by atoms with Crippen molar-refractivity contribution in [1.82, 2.24) is 9.88 Å². The van der Waals surface area contributed by atoms with Crippen LogP contribution in [0.25, 0.3) is 0 Å². The second-order valence-electron chi connectivity index (χ2n) is 6.50. The van der Waals surface area contributed by atoms with E-state index in [9.17, 15) is 13.6 Å². The van der Waals surface area contributed by atoms with Crippen LogP contribution >= 0.6 is 0 Å². The van der Waals surface area contributed by atoms with E-state index in [1.807, 2.05) is 6.07 Å². The Morgan fingerprint density at radius 2 is 2.18 bits per heavy atom. The summed E-state index contributed by atoms with van der Waals surface area (Å²) in [4.78, 5) is 18.3. The highest BCUT2D eigenvalue weighted by Gasteiger charge is 2.62. The molecule has 1 aromatic rings. The highest BCUT2D eigenvalue weighted by molar-refractivity contribution is 5.87. The molecule has 6 heteroatoms. The van der Waals surface area contributed by atoms with Crippen molar-refractivity contribution in [2.24, 2.45) is 5.41 Å². The number of amides is 1. The Bertz CT molecular complexity index is 664. The molecular weight excluding hydrogens is 288 g/mol. The van der Waals surface area contributed by atoms with E-state index in [1.54, 1.807) is 17.2 Å². The Balaban J connectivity index is 1.95. The number of halogens is 2. The normalized spacial score (nSPS) is 31.2. The molecule has 0 aliphatic carbocycles. The number of hydrogen-bond acceptors (Lipinski definition) is 3. The van der Waals surface area contributed by atoms with Crippen LogP contribution in [-0.2, 0) is 4.79 Å². The van der Waals surface area contributed by atoms with Gasteiger partial charge in [0.1, 0.15) is 11.5 Å². The van der Waals surface area contributed by atoms with E-state index in [2.05, 4.69) is 4.98 Å². The van der Waals surface area contributed by atoms with Gasteiger partial charge >= 0.3 is 0 Å². The van der Waals surface area contributed by atoms with Crippen LogP contribution in [0.2, 0.25) is 0 Å². The van der Waals surface area contributed by atoms with E-state index in [4.69, 9.17) is 5.26 Å². The van der Waals surface area contributed by atoms with E-state index in [0.717, 1.165) is 18.9 Å². The standard InChI is InChI=1S/C16H17F2N3O/c1-15(16(2,17)18)6-12-3-4-13(21(12)14(15)22)11-5-10(7-19)8-20-9-11/h5,8-9,12-13H,3-4,6H2,1-2H3/t12-,13-,15?/m0/s1. The average molecular weight is 305 g/mol. The summed E-state index contributed by atoms with van der Waals surface area (Å²) in [5.41, 5.74) is -0.480. The van der Waals surface area contributed by atoms with Gasteiger partial charge in [0, 0.05) is 25.4 Å². The highest BCUT2D eigenvalue weighted by Crippen LogP contribution is 2.54. The van der Waals surface area contributed by atoms with E-state index >= 15 is 0 Å². The summed E-state index contributed by atoms with van der Waals surface area (Å²) >= 11 is 0. The number of fused-ring (bicyclic) bond motifs is 1. The molecule has 0 radical (unpaired) electrons. The maximum atomic E-state index is 13.9. The van der Waals surface area contributed by atoms with Crippen LogP contribution < -0.4 is 0 Å². The third kappa shape index (κ3) is 1.99. The number of pyridine rings is 1. The molecule has 3 heterocycles. The first-order chi connectivity index (χ1) is 10.3. The van der Waals surface area contributed by atoms with Gasteiger partial charge in [-0.25, -0.2) is 8.78 Å². The molecule has 3 atom stereocenters. The molecule has 2 saturated heterocycles. The molecule has 0 saturated carbocycles. The Morgan fingerprint density at radius 3 is 2.82 bits per heavy atom. The predicted molar refractivity (Wildman–Crippen MR) is 74.9 cm³/mol. The van der Waals surface area contributed by atoms with Crippen molar-refractivity contribution in [1.29, 1.82) is 5.26 Å². The topological polar surface area (TPSA) is 57.0 Å². The monoisotopic (exact) mass is 305 g/mol. The van der Waals surface area contributed by atoms with Gasteiger partial charge in [0.25, 0.3) is 5.92 Å². The number of nitriles is 1. The first kappa shape index (κ1) is 14.9. The molecule has 1 aromatic heterocycles. The van der Waals surface area contributed by atoms with E-state index < -0.39 is 17.2 Å². The fourth-order valence-electron chi connectivity index (χ4n) is 3.63. The van der Waals surface area contributed by atoms with Crippen LogP contribution in [0.1, 0.15) is 50.3 Å². The molecule has 0 spiro atoms. The fraction of sp³-hybridized carbons (Fsp3) is 0.562. The molecular formula is C16H17F2N3O. The summed E-state index contributed by atoms with van der Waals surface area (Å²) in [6.07, 6.45) is 4.67. The molecule has 22 heavy (non-hydrogen) atoms. The van der Waals surface area contributed by atoms with Gasteiger partial charge in [0.15, 0.2) is 0 Å². The SMILES string of the molecule is CC(F)(F)C1(C)C[C@@H]2CC[C@@H](c3cncc(C#N)c3)N2C1=O. The molecule has 1 amide bonds. The average Bonchev–Trinajstić information content (AvgIpc) is 2.98. The number of alkyl halides is 2. The third-order valence-corrected chi connectivity index (χ3v) is 5.10. The maximum absolute atomic E-state index is 13.9. The maximum Gasteiger partial charge on any atom is 0.259 e. The van der Waals surface area contributed by atoms with Crippen molar-refractivity contribution in [2.75, 3.05) is 0 Å². The second-order valence-corrected chi connectivity index (χ2v) is 6.50. The summed E-state index contributed by atoms with van der Waals surface area (Å²) in [6.45, 7) is 2.18. The minimum Gasteiger partial charge on any atom is -0.332 e. The number of rotatable bonds is 2. The number of aromatic nitrogens is 1. The van der Waals surface area contributed by atoms with Gasteiger partial charge < -0.3 is 4.90 Å². The minimum absolute atomic E-state index is 0.154. The smallest absolute Gasteiger partial charge is 0.259 e. The molecule has 2 fully saturated rings. The van der Waals surface area contributed by atoms with Gasteiger partial charge in [-0.3, -0.25) is 9.78 Å². The summed E-state index contributed by atoms with van der Waals surface area (Å²) < 4.78 is 27.8. The molecule has 2 aliphatic rings. The lowest BCUT2D eigenvalue weighted by Gasteiger charge is -2.31. The third-order valence-electron chi connectivity index (χ3n) is 5.10. The van der Waals surface area contributed by atoms with Gasteiger partial charge in [0.05, 0.1) is 11.6 Å². The molecule has 116 valence electrons. The number of hydrogen-bond donors (Lipinski definition) is 0. The summed E-state index contributed by atoms with van der Waals surface area (Å²) in [6, 6.07) is 3.29. The van der Waals surface area contributed by atoms with Crippen molar-refractivity contribution in [2.45, 2.75) is 51.1 Å². The van der Waals surface area contributed by atoms with Gasteiger partial charge in [-0.1, -0.05) is 0 Å². The lowest BCUT2D eigenvalue weighted by atomic mass is 9.80.